The van der Waals surface area contributed by atoms with Gasteiger partial charge >= 0.3 is 35.8 Å². The Bertz CT molecular complexity index is 4230. The monoisotopic (exact) mass is 1220 g/mol. The summed E-state index contributed by atoms with van der Waals surface area (Å²) in [7, 11) is 7.75. The number of methoxy groups -OCH3 is 6. The van der Waals surface area contributed by atoms with Crippen LogP contribution in [0, 0.1) is 27.7 Å². The van der Waals surface area contributed by atoms with Gasteiger partial charge in [0, 0.05) is 92.1 Å². The Morgan fingerprint density at radius 3 is 1.09 bits per heavy atom. The molecule has 0 saturated carbocycles. The van der Waals surface area contributed by atoms with Crippen LogP contribution in [0.3, 0.4) is 0 Å². The van der Waals surface area contributed by atoms with Crippen LogP contribution < -0.4 is 0 Å². The molecule has 0 spiro atoms. The summed E-state index contributed by atoms with van der Waals surface area (Å²) in [5, 5.41) is 0. The van der Waals surface area contributed by atoms with Gasteiger partial charge in [0.05, 0.1) is 99.0 Å². The summed E-state index contributed by atoms with van der Waals surface area (Å²) in [5.74, 6) is -5.28. The van der Waals surface area contributed by atoms with E-state index in [1.165, 1.54) is 42.7 Å². The highest BCUT2D eigenvalue weighted by Gasteiger charge is 2.38. The largest absolute Gasteiger partial charge is 0.469 e. The van der Waals surface area contributed by atoms with Crippen LogP contribution in [0.1, 0.15) is 211 Å². The smallest absolute Gasteiger partial charge is 0.341 e. The van der Waals surface area contributed by atoms with Gasteiger partial charge < -0.3 is 48.4 Å². The average Bonchev–Trinajstić information content (AvgIpc) is 1.63. The van der Waals surface area contributed by atoms with E-state index in [1.807, 2.05) is 76.2 Å². The van der Waals surface area contributed by atoms with Crippen molar-refractivity contribution in [2.45, 2.75) is 131 Å². The zero-order valence-corrected chi connectivity index (χ0v) is 53.9. The van der Waals surface area contributed by atoms with Gasteiger partial charge in [-0.15, -0.1) is 0 Å². The molecule has 4 N–H and O–H groups in total. The van der Waals surface area contributed by atoms with Gasteiger partial charge in [0.15, 0.2) is 0 Å². The number of hydrogen-bond donors (Lipinski definition) is 4. The molecular weight excluding hydrogens is 1140 g/mol. The lowest BCUT2D eigenvalue weighted by Gasteiger charge is -2.17. The molecule has 20 heteroatoms. The number of aromatic nitrogens is 8. The van der Waals surface area contributed by atoms with Crippen LogP contribution in [0.4, 0.5) is 0 Å². The van der Waals surface area contributed by atoms with Gasteiger partial charge in [0.2, 0.25) is 0 Å². The number of H-pyrrole nitrogens is 4. The van der Waals surface area contributed by atoms with Crippen molar-refractivity contribution in [1.82, 2.24) is 39.9 Å². The van der Waals surface area contributed by atoms with Gasteiger partial charge in [0.25, 0.3) is 0 Å². The third kappa shape index (κ3) is 11.1. The molecule has 16 bridgehead atoms. The molecule has 0 amide bonds. The van der Waals surface area contributed by atoms with Crippen molar-refractivity contribution in [1.29, 1.82) is 0 Å². The number of carbonyl (C=O) groups excluding carboxylic acids is 6. The summed E-state index contributed by atoms with van der Waals surface area (Å²) in [5.41, 5.74) is 17.3. The van der Waals surface area contributed by atoms with E-state index in [0.717, 1.165) is 66.6 Å². The lowest BCUT2D eigenvalue weighted by atomic mass is 9.85. The first kappa shape index (κ1) is 63.3. The van der Waals surface area contributed by atoms with Gasteiger partial charge in [0.1, 0.15) is 11.1 Å². The van der Waals surface area contributed by atoms with Crippen molar-refractivity contribution < 1.29 is 57.2 Å². The van der Waals surface area contributed by atoms with E-state index in [-0.39, 0.29) is 70.8 Å². The summed E-state index contributed by atoms with van der Waals surface area (Å²) >= 11 is 0. The lowest BCUT2D eigenvalue weighted by molar-refractivity contribution is -0.141. The highest BCUT2D eigenvalue weighted by molar-refractivity contribution is 6.11. The van der Waals surface area contributed by atoms with Crippen molar-refractivity contribution in [3.05, 3.63) is 150 Å². The fourth-order valence-corrected chi connectivity index (χ4v) is 13.3. The summed E-state index contributed by atoms with van der Waals surface area (Å²) in [6.45, 7) is 19.8. The maximum atomic E-state index is 14.4. The zero-order chi connectivity index (χ0) is 64.9. The second-order valence-electron chi connectivity index (χ2n) is 23.3. The third-order valence-corrected chi connectivity index (χ3v) is 18.6. The summed E-state index contributed by atoms with van der Waals surface area (Å²) < 4.78 is 32.0. The van der Waals surface area contributed by atoms with Gasteiger partial charge in [-0.2, -0.15) is 0 Å². The van der Waals surface area contributed by atoms with Crippen molar-refractivity contribution in [3.8, 4) is 0 Å². The molecule has 468 valence electrons. The molecule has 0 radical (unpaired) electrons. The second-order valence-corrected chi connectivity index (χ2v) is 23.3. The number of hydrogen-bond acceptors (Lipinski definition) is 16. The van der Waals surface area contributed by atoms with Crippen LogP contribution in [0.25, 0.3) is 66.4 Å². The number of nitrogens with one attached hydrogen (secondary N) is 4. The minimum absolute atomic E-state index is 0.0202. The number of aryl methyl sites for hydroxylation is 6. The number of fused-ring (bicyclic) bond motifs is 16. The SMILES string of the molecule is CCc1c(C)c2cc3nc(c(C(=O)OC)c4[nH]c(cc5nc(cc1[nH]2)C(C)=C5/C=C/C1=C(C)c2cc5[nH]c(cc6nc(c(C(=O)OC)c7[nH]c(cc1n2)c(C)c7C(=O)OC)[C@@H](CCC(=O)OC)[C@@H]6C)c(C)c5CC)c(C)c4C(=O)OC)[C@@H](CCC(=O)OC)[C@@H]3C. The van der Waals surface area contributed by atoms with E-state index in [9.17, 15) is 28.8 Å². The molecule has 10 rings (SSSR count). The van der Waals surface area contributed by atoms with Crippen molar-refractivity contribution in [2.75, 3.05) is 42.7 Å². The van der Waals surface area contributed by atoms with E-state index >= 15 is 0 Å². The van der Waals surface area contributed by atoms with E-state index in [2.05, 4.69) is 47.6 Å². The number of aromatic amines is 4. The maximum Gasteiger partial charge on any atom is 0.341 e. The van der Waals surface area contributed by atoms with E-state index in [4.69, 9.17) is 48.4 Å². The van der Waals surface area contributed by atoms with E-state index in [0.29, 0.717) is 80.6 Å². The summed E-state index contributed by atoms with van der Waals surface area (Å²) in [4.78, 5) is 118. The molecule has 10 heterocycles. The molecule has 0 aliphatic carbocycles. The molecular formula is C70H76N8O12. The standard InChI is InChI=1S/C70H76N8O12/c1-17-39-31(3)45-25-49-35(7)43(21-23-57(79)85-11)63(75-49)61(69(83)89-15)65-59(67(81)87-13)37(9)51(77-65)29-55-41(33(5)47(73-55)27-53(39)71-45)19-20-42-34(6)48-28-54-40(18-2)32(4)46(72-54)26-50-36(8)44(22-24-58(80)86-12)64(76-50)62(70(84)90-16)66-60(68(82)88-14)38(10)52(78-66)30-56(42)74-48/h19-20,25-30,35-36,43-44,71-72,77-78H,17-18,21-24H2,1-16H3/b20-19+,45-25?,46-26?,47-27?,48-28?,49-25?,50-26?,51-29?,52-30?,53-27?,54-28?,55-29?,56-30?,63-61?,64-62?,65-61?,66-62?/t35-,36-,43-,44-/m0/s1. The van der Waals surface area contributed by atoms with Crippen LogP contribution in [0.2, 0.25) is 0 Å². The normalized spacial score (nSPS) is 16.4. The van der Waals surface area contributed by atoms with Gasteiger partial charge in [-0.3, -0.25) is 19.6 Å². The highest BCUT2D eigenvalue weighted by Crippen LogP contribution is 2.46. The van der Waals surface area contributed by atoms with Gasteiger partial charge in [-0.05, 0) is 148 Å². The van der Waals surface area contributed by atoms with Gasteiger partial charge in [-0.25, -0.2) is 29.1 Å². The maximum absolute atomic E-state index is 14.4. The molecule has 6 aromatic heterocycles. The van der Waals surface area contributed by atoms with E-state index in [1.54, 1.807) is 13.8 Å². The second kappa shape index (κ2) is 25.4. The molecule has 4 aliphatic rings. The predicted octanol–water partition coefficient (Wildman–Crippen LogP) is 13.2. The number of allylic oxidation sites excluding steroid dienone is 6. The Kier molecular flexibility index (Phi) is 17.9. The molecule has 4 atom stereocenters. The summed E-state index contributed by atoms with van der Waals surface area (Å²) in [6, 6.07) is 11.7. The Hall–Kier alpha value is -9.72. The first-order chi connectivity index (χ1) is 43.1. The Morgan fingerprint density at radius 1 is 0.422 bits per heavy atom. The molecule has 0 fully saturated rings. The quantitative estimate of drug-likeness (QED) is 0.0583. The highest BCUT2D eigenvalue weighted by atomic mass is 16.5. The summed E-state index contributed by atoms with van der Waals surface area (Å²) in [6.07, 6.45) is 6.00. The average molecular weight is 1220 g/mol. The number of rotatable bonds is 14. The Labute approximate surface area is 521 Å². The first-order valence-electron chi connectivity index (χ1n) is 30.2. The molecule has 6 aromatic rings. The fourth-order valence-electron chi connectivity index (χ4n) is 13.3. The molecule has 0 unspecified atom stereocenters. The zero-order valence-electron chi connectivity index (χ0n) is 53.9. The predicted molar refractivity (Wildman–Crippen MR) is 344 cm³/mol. The van der Waals surface area contributed by atoms with Crippen LogP contribution in [0.5, 0.6) is 0 Å². The minimum atomic E-state index is -0.748. The number of carbonyl (C=O) groups is 6. The Morgan fingerprint density at radius 2 is 0.756 bits per heavy atom. The fraction of sp³-hybridized carbons (Fsp3) is 0.371. The minimum Gasteiger partial charge on any atom is -0.469 e. The number of ether oxygens (including phenoxy) is 6. The van der Waals surface area contributed by atoms with Crippen molar-refractivity contribution in [2.24, 2.45) is 0 Å². The Balaban J connectivity index is 1.28. The lowest BCUT2D eigenvalue weighted by Crippen LogP contribution is -2.13. The topological polar surface area (TPSA) is 273 Å². The number of esters is 6. The van der Waals surface area contributed by atoms with Crippen LogP contribution in [-0.2, 0) is 50.9 Å². The van der Waals surface area contributed by atoms with Gasteiger partial charge in [-0.1, -0.05) is 39.8 Å². The van der Waals surface area contributed by atoms with Crippen LogP contribution >= 0.6 is 0 Å². The molecule has 90 heavy (non-hydrogen) atoms. The van der Waals surface area contributed by atoms with Crippen LogP contribution in [-0.4, -0.2) is 118 Å². The molecule has 20 nitrogen and oxygen atoms in total. The molecule has 4 aliphatic heterocycles. The molecule has 0 saturated heterocycles. The third-order valence-electron chi connectivity index (χ3n) is 18.6. The number of nitrogens with zero attached hydrogens (tertiary/aromatic N) is 4. The van der Waals surface area contributed by atoms with Crippen LogP contribution in [0.15, 0.2) is 48.6 Å². The molecule has 0 aromatic carbocycles. The first-order valence-corrected chi connectivity index (χ1v) is 30.2. The van der Waals surface area contributed by atoms with Crippen molar-refractivity contribution in [3.63, 3.8) is 0 Å². The van der Waals surface area contributed by atoms with E-state index < -0.39 is 47.7 Å². The van der Waals surface area contributed by atoms with Crippen molar-refractivity contribution >= 4 is 102 Å².